The fourth-order valence-corrected chi connectivity index (χ4v) is 5.41. The fraction of sp³-hybridized carbons (Fsp3) is 0.476. The first-order valence-corrected chi connectivity index (χ1v) is 12.6. The minimum absolute atomic E-state index is 0.000767. The van der Waals surface area contributed by atoms with Crippen molar-refractivity contribution >= 4 is 39.1 Å². The van der Waals surface area contributed by atoms with Gasteiger partial charge in [0.05, 0.1) is 24.9 Å². The molecular formula is C21H25F3N6O4S. The summed E-state index contributed by atoms with van der Waals surface area (Å²) in [5, 5.41) is 8.22. The van der Waals surface area contributed by atoms with Gasteiger partial charge < -0.3 is 20.7 Å². The summed E-state index contributed by atoms with van der Waals surface area (Å²) in [6.45, 7) is 2.07. The lowest BCUT2D eigenvalue weighted by Gasteiger charge is -2.32. The van der Waals surface area contributed by atoms with Crippen LogP contribution in [0.3, 0.4) is 0 Å². The van der Waals surface area contributed by atoms with Gasteiger partial charge in [-0.25, -0.2) is 13.4 Å². The van der Waals surface area contributed by atoms with E-state index < -0.39 is 33.7 Å². The minimum atomic E-state index is -4.70. The number of halogens is 3. The maximum Gasteiger partial charge on any atom is 0.421 e. The fourth-order valence-electron chi connectivity index (χ4n) is 3.89. The topological polar surface area (TPSA) is 126 Å². The number of hydrogen-bond donors (Lipinski definition) is 3. The normalized spacial score (nSPS) is 18.7. The zero-order valence-corrected chi connectivity index (χ0v) is 19.7. The highest BCUT2D eigenvalue weighted by Crippen LogP contribution is 2.34. The number of nitrogens with one attached hydrogen (secondary N) is 3. The summed E-state index contributed by atoms with van der Waals surface area (Å²) in [4.78, 5) is 19.3. The molecule has 2 aromatic rings. The predicted molar refractivity (Wildman–Crippen MR) is 123 cm³/mol. The van der Waals surface area contributed by atoms with E-state index in [0.29, 0.717) is 24.0 Å². The van der Waals surface area contributed by atoms with Crippen LogP contribution in [0.5, 0.6) is 0 Å². The molecule has 1 unspecified atom stereocenters. The molecule has 2 aliphatic rings. The van der Waals surface area contributed by atoms with Crippen LogP contribution in [0.4, 0.5) is 36.3 Å². The molecule has 1 aromatic carbocycles. The Bertz CT molecular complexity index is 1210. The first-order valence-electron chi connectivity index (χ1n) is 11.0. The van der Waals surface area contributed by atoms with Crippen molar-refractivity contribution in [2.24, 2.45) is 0 Å². The zero-order chi connectivity index (χ0) is 25.2. The van der Waals surface area contributed by atoms with Crippen molar-refractivity contribution in [3.63, 3.8) is 0 Å². The summed E-state index contributed by atoms with van der Waals surface area (Å²) < 4.78 is 72.3. The molecule has 3 N–H and O–H groups in total. The van der Waals surface area contributed by atoms with Gasteiger partial charge in [-0.05, 0) is 30.2 Å². The second-order valence-corrected chi connectivity index (χ2v) is 10.3. The number of morpholine rings is 1. The number of sulfonamides is 1. The largest absolute Gasteiger partial charge is 0.421 e. The van der Waals surface area contributed by atoms with E-state index in [-0.39, 0.29) is 50.3 Å². The van der Waals surface area contributed by atoms with Crippen LogP contribution in [0.2, 0.25) is 0 Å². The van der Waals surface area contributed by atoms with Gasteiger partial charge in [0.1, 0.15) is 11.4 Å². The maximum atomic E-state index is 13.6. The molecule has 10 nitrogen and oxygen atoms in total. The Morgan fingerprint density at radius 3 is 2.86 bits per heavy atom. The summed E-state index contributed by atoms with van der Waals surface area (Å²) in [6, 6.07) is 5.03. The molecule has 0 aliphatic carbocycles. The molecule has 0 bridgehead atoms. The maximum absolute atomic E-state index is 13.6. The van der Waals surface area contributed by atoms with Gasteiger partial charge in [0.15, 0.2) is 0 Å². The van der Waals surface area contributed by atoms with Crippen LogP contribution in [0.1, 0.15) is 24.5 Å². The standard InChI is InChI=1S/C21H25F3N6O4S/c1-2-7-35(32,33)30-5-6-34-15(12-30)10-25-19-16(21(22,23)24)11-26-20(29-19)27-14-3-4-17-13(8-14)9-18(31)28-17/h3-4,8,11,15H,2,5-7,9-10,12H2,1H3,(H,28,31)(H2,25,26,27,29). The lowest BCUT2D eigenvalue weighted by Crippen LogP contribution is -2.48. The number of anilines is 4. The van der Waals surface area contributed by atoms with E-state index in [4.69, 9.17) is 4.74 Å². The third-order valence-electron chi connectivity index (χ3n) is 5.53. The van der Waals surface area contributed by atoms with Crippen molar-refractivity contribution in [2.45, 2.75) is 32.0 Å². The molecule has 190 valence electrons. The Balaban J connectivity index is 1.49. The highest BCUT2D eigenvalue weighted by molar-refractivity contribution is 7.89. The molecular weight excluding hydrogens is 489 g/mol. The Morgan fingerprint density at radius 1 is 1.31 bits per heavy atom. The molecule has 14 heteroatoms. The van der Waals surface area contributed by atoms with Crippen LogP contribution in [-0.4, -0.2) is 66.7 Å². The monoisotopic (exact) mass is 514 g/mol. The summed E-state index contributed by atoms with van der Waals surface area (Å²) >= 11 is 0. The molecule has 3 heterocycles. The van der Waals surface area contributed by atoms with Crippen molar-refractivity contribution < 1.29 is 31.1 Å². The van der Waals surface area contributed by atoms with E-state index in [9.17, 15) is 26.4 Å². The molecule has 1 fully saturated rings. The summed E-state index contributed by atoms with van der Waals surface area (Å²) in [6.07, 6.45) is -4.01. The number of amides is 1. The van der Waals surface area contributed by atoms with Crippen LogP contribution in [-0.2, 0) is 32.2 Å². The number of fused-ring (bicyclic) bond motifs is 1. The lowest BCUT2D eigenvalue weighted by atomic mass is 10.1. The van der Waals surface area contributed by atoms with Gasteiger partial charge in [-0.3, -0.25) is 4.79 Å². The summed E-state index contributed by atoms with van der Waals surface area (Å²) in [5.74, 6) is -0.667. The molecule has 2 aliphatic heterocycles. The molecule has 1 atom stereocenters. The van der Waals surface area contributed by atoms with Crippen molar-refractivity contribution in [1.82, 2.24) is 14.3 Å². The SMILES string of the molecule is CCCS(=O)(=O)N1CCOC(CNc2nc(Nc3ccc4c(c3)CC(=O)N4)ncc2C(F)(F)F)C1. The predicted octanol–water partition coefficient (Wildman–Crippen LogP) is 2.59. The van der Waals surface area contributed by atoms with E-state index >= 15 is 0 Å². The highest BCUT2D eigenvalue weighted by atomic mass is 32.2. The number of hydrogen-bond acceptors (Lipinski definition) is 8. The number of ether oxygens (including phenoxy) is 1. The molecule has 35 heavy (non-hydrogen) atoms. The third-order valence-corrected chi connectivity index (χ3v) is 7.58. The minimum Gasteiger partial charge on any atom is -0.374 e. The number of aromatic nitrogens is 2. The van der Waals surface area contributed by atoms with Crippen molar-refractivity contribution in [3.05, 3.63) is 35.5 Å². The molecule has 1 amide bonds. The van der Waals surface area contributed by atoms with Crippen LogP contribution >= 0.6 is 0 Å². The van der Waals surface area contributed by atoms with Gasteiger partial charge >= 0.3 is 6.18 Å². The van der Waals surface area contributed by atoms with Crippen LogP contribution in [0.15, 0.2) is 24.4 Å². The molecule has 4 rings (SSSR count). The lowest BCUT2D eigenvalue weighted by molar-refractivity contribution is -0.137. The van der Waals surface area contributed by atoms with E-state index in [1.165, 1.54) is 4.31 Å². The van der Waals surface area contributed by atoms with Crippen molar-refractivity contribution in [1.29, 1.82) is 0 Å². The van der Waals surface area contributed by atoms with Crippen LogP contribution < -0.4 is 16.0 Å². The average Bonchev–Trinajstić information content (AvgIpc) is 3.16. The van der Waals surface area contributed by atoms with E-state index in [1.54, 1.807) is 25.1 Å². The molecule has 0 saturated carbocycles. The second-order valence-electron chi connectivity index (χ2n) is 8.22. The molecule has 0 spiro atoms. The first-order chi connectivity index (χ1) is 16.5. The Labute approximate surface area is 200 Å². The first kappa shape index (κ1) is 25.1. The quantitative estimate of drug-likeness (QED) is 0.491. The summed E-state index contributed by atoms with van der Waals surface area (Å²) in [7, 11) is -3.45. The van der Waals surface area contributed by atoms with E-state index in [2.05, 4.69) is 25.9 Å². The number of alkyl halides is 3. The molecule has 1 aromatic heterocycles. The highest BCUT2D eigenvalue weighted by Gasteiger charge is 2.36. The number of carbonyl (C=O) groups excluding carboxylic acids is 1. The van der Waals surface area contributed by atoms with Crippen molar-refractivity contribution in [2.75, 3.05) is 47.9 Å². The van der Waals surface area contributed by atoms with Gasteiger partial charge in [-0.2, -0.15) is 22.5 Å². The number of carbonyl (C=O) groups is 1. The smallest absolute Gasteiger partial charge is 0.374 e. The zero-order valence-electron chi connectivity index (χ0n) is 18.9. The number of benzene rings is 1. The van der Waals surface area contributed by atoms with Gasteiger partial charge in [-0.1, -0.05) is 6.92 Å². The van der Waals surface area contributed by atoms with Crippen LogP contribution in [0, 0.1) is 0 Å². The van der Waals surface area contributed by atoms with Gasteiger partial charge in [0, 0.05) is 37.2 Å². The number of rotatable bonds is 8. The average molecular weight is 515 g/mol. The van der Waals surface area contributed by atoms with Gasteiger partial charge in [0.2, 0.25) is 21.9 Å². The molecule has 0 radical (unpaired) electrons. The third kappa shape index (κ3) is 6.00. The second kappa shape index (κ2) is 9.95. The summed E-state index contributed by atoms with van der Waals surface area (Å²) in [5.41, 5.74) is 0.887. The van der Waals surface area contributed by atoms with E-state index in [0.717, 1.165) is 5.56 Å². The Morgan fingerprint density at radius 2 is 2.11 bits per heavy atom. The Kier molecular flexibility index (Phi) is 7.15. The van der Waals surface area contributed by atoms with Crippen molar-refractivity contribution in [3.8, 4) is 0 Å². The Hall–Kier alpha value is -2.97. The number of nitrogens with zero attached hydrogens (tertiary/aromatic N) is 3. The van der Waals surface area contributed by atoms with Crippen LogP contribution in [0.25, 0.3) is 0 Å². The van der Waals surface area contributed by atoms with Gasteiger partial charge in [0.25, 0.3) is 0 Å². The van der Waals surface area contributed by atoms with E-state index in [1.807, 2.05) is 0 Å². The van der Waals surface area contributed by atoms with Gasteiger partial charge in [-0.15, -0.1) is 0 Å². The molecule has 1 saturated heterocycles.